The summed E-state index contributed by atoms with van der Waals surface area (Å²) in [6, 6.07) is 0.433. The molecule has 6 heteroatoms. The lowest BCUT2D eigenvalue weighted by Gasteiger charge is -2.12. The molecule has 0 bridgehead atoms. The highest BCUT2D eigenvalue weighted by molar-refractivity contribution is 5.85. The molecular weight excluding hydrogens is 254 g/mol. The molecule has 1 atom stereocenters. The molecule has 5 nitrogen and oxygen atoms in total. The molecule has 2 N–H and O–H groups in total. The van der Waals surface area contributed by atoms with Gasteiger partial charge in [0.15, 0.2) is 0 Å². The number of amides is 2. The highest BCUT2D eigenvalue weighted by Crippen LogP contribution is 2.03. The zero-order valence-electron chi connectivity index (χ0n) is 11.2. The third-order valence-electron chi connectivity index (χ3n) is 3.00. The standard InChI is InChI=1S/C12H23N3O2.ClH/c1-15(2)12(17)7-3-6-11(16)14-9-10-5-4-8-13-10;/h10,13H,3-9H2,1-2H3,(H,14,16);1H. The van der Waals surface area contributed by atoms with E-state index >= 15 is 0 Å². The van der Waals surface area contributed by atoms with Gasteiger partial charge in [-0.1, -0.05) is 0 Å². The monoisotopic (exact) mass is 277 g/mol. The second-order valence-electron chi connectivity index (χ2n) is 4.74. The molecule has 0 aliphatic carbocycles. The van der Waals surface area contributed by atoms with Crippen LogP contribution in [-0.4, -0.2) is 49.9 Å². The van der Waals surface area contributed by atoms with Crippen LogP contribution >= 0.6 is 12.4 Å². The number of carbonyl (C=O) groups is 2. The van der Waals surface area contributed by atoms with E-state index in [1.165, 1.54) is 6.42 Å². The molecule has 1 heterocycles. The van der Waals surface area contributed by atoms with Gasteiger partial charge in [0.25, 0.3) is 0 Å². The lowest BCUT2D eigenvalue weighted by Crippen LogP contribution is -2.37. The molecule has 1 rings (SSSR count). The first kappa shape index (κ1) is 17.2. The zero-order chi connectivity index (χ0) is 12.7. The molecule has 1 fully saturated rings. The van der Waals surface area contributed by atoms with Crippen LogP contribution in [0.25, 0.3) is 0 Å². The van der Waals surface area contributed by atoms with Gasteiger partial charge in [0.1, 0.15) is 0 Å². The van der Waals surface area contributed by atoms with E-state index in [-0.39, 0.29) is 24.2 Å². The van der Waals surface area contributed by atoms with E-state index in [4.69, 9.17) is 0 Å². The fourth-order valence-electron chi connectivity index (χ4n) is 1.88. The van der Waals surface area contributed by atoms with E-state index < -0.39 is 0 Å². The van der Waals surface area contributed by atoms with Crippen LogP contribution in [0.15, 0.2) is 0 Å². The van der Waals surface area contributed by atoms with Crippen molar-refractivity contribution in [2.45, 2.75) is 38.1 Å². The lowest BCUT2D eigenvalue weighted by molar-refractivity contribution is -0.129. The van der Waals surface area contributed by atoms with Crippen LogP contribution in [0.5, 0.6) is 0 Å². The predicted octanol–water partition coefficient (Wildman–Crippen LogP) is 0.535. The highest BCUT2D eigenvalue weighted by Gasteiger charge is 2.14. The van der Waals surface area contributed by atoms with Gasteiger partial charge >= 0.3 is 0 Å². The van der Waals surface area contributed by atoms with Gasteiger partial charge < -0.3 is 15.5 Å². The maximum absolute atomic E-state index is 11.5. The third kappa shape index (κ3) is 6.81. The maximum atomic E-state index is 11.5. The average Bonchev–Trinajstić information content (AvgIpc) is 2.78. The van der Waals surface area contributed by atoms with E-state index in [9.17, 15) is 9.59 Å². The Bertz CT molecular complexity index is 266. The van der Waals surface area contributed by atoms with Crippen LogP contribution in [0.2, 0.25) is 0 Å². The minimum Gasteiger partial charge on any atom is -0.355 e. The van der Waals surface area contributed by atoms with Gasteiger partial charge in [0.05, 0.1) is 0 Å². The quantitative estimate of drug-likeness (QED) is 0.745. The molecule has 0 radical (unpaired) electrons. The molecule has 1 aliphatic rings. The Morgan fingerprint density at radius 3 is 2.61 bits per heavy atom. The van der Waals surface area contributed by atoms with Crippen molar-refractivity contribution in [3.05, 3.63) is 0 Å². The first-order valence-corrected chi connectivity index (χ1v) is 6.30. The molecular formula is C12H24ClN3O2. The lowest BCUT2D eigenvalue weighted by atomic mass is 10.2. The fraction of sp³-hybridized carbons (Fsp3) is 0.833. The summed E-state index contributed by atoms with van der Waals surface area (Å²) < 4.78 is 0. The fourth-order valence-corrected chi connectivity index (χ4v) is 1.88. The number of halogens is 1. The SMILES string of the molecule is CN(C)C(=O)CCCC(=O)NCC1CCCN1.Cl. The Morgan fingerprint density at radius 2 is 2.06 bits per heavy atom. The number of hydrogen-bond donors (Lipinski definition) is 2. The number of nitrogens with zero attached hydrogens (tertiary/aromatic N) is 1. The molecule has 0 aromatic carbocycles. The minimum atomic E-state index is 0. The Balaban J connectivity index is 0.00000289. The molecule has 0 aromatic rings. The van der Waals surface area contributed by atoms with Crippen molar-refractivity contribution < 1.29 is 9.59 Å². The molecule has 0 aromatic heterocycles. The second-order valence-corrected chi connectivity index (χ2v) is 4.74. The third-order valence-corrected chi connectivity index (χ3v) is 3.00. The summed E-state index contributed by atoms with van der Waals surface area (Å²) in [5.74, 6) is 0.125. The van der Waals surface area contributed by atoms with E-state index in [0.717, 1.165) is 13.0 Å². The molecule has 2 amide bonds. The summed E-state index contributed by atoms with van der Waals surface area (Å²) in [4.78, 5) is 24.3. The van der Waals surface area contributed by atoms with Crippen molar-refractivity contribution in [2.75, 3.05) is 27.2 Å². The largest absolute Gasteiger partial charge is 0.355 e. The normalized spacial score (nSPS) is 18.0. The van der Waals surface area contributed by atoms with Gasteiger partial charge in [0.2, 0.25) is 11.8 Å². The highest BCUT2D eigenvalue weighted by atomic mass is 35.5. The van der Waals surface area contributed by atoms with Crippen LogP contribution in [-0.2, 0) is 9.59 Å². The number of carbonyl (C=O) groups excluding carboxylic acids is 2. The van der Waals surface area contributed by atoms with Crippen molar-refractivity contribution in [1.82, 2.24) is 15.5 Å². The van der Waals surface area contributed by atoms with Gasteiger partial charge in [-0.15, -0.1) is 12.4 Å². The number of hydrogen-bond acceptors (Lipinski definition) is 3. The van der Waals surface area contributed by atoms with E-state index in [1.54, 1.807) is 19.0 Å². The number of rotatable bonds is 6. The van der Waals surface area contributed by atoms with E-state index in [1.807, 2.05) is 0 Å². The maximum Gasteiger partial charge on any atom is 0.222 e. The Kier molecular flexibility index (Phi) is 8.75. The van der Waals surface area contributed by atoms with Crippen molar-refractivity contribution >= 4 is 24.2 Å². The minimum absolute atomic E-state index is 0. The second kappa shape index (κ2) is 9.16. The van der Waals surface area contributed by atoms with Gasteiger partial charge in [-0.2, -0.15) is 0 Å². The summed E-state index contributed by atoms with van der Waals surface area (Å²) in [5, 5.41) is 6.23. The molecule has 1 unspecified atom stereocenters. The molecule has 0 spiro atoms. The number of nitrogens with one attached hydrogen (secondary N) is 2. The van der Waals surface area contributed by atoms with Gasteiger partial charge in [-0.05, 0) is 25.8 Å². The molecule has 0 saturated carbocycles. The summed E-state index contributed by atoms with van der Waals surface area (Å²) in [7, 11) is 3.46. The summed E-state index contributed by atoms with van der Waals surface area (Å²) in [5.41, 5.74) is 0. The summed E-state index contributed by atoms with van der Waals surface area (Å²) in [6.07, 6.45) is 3.84. The van der Waals surface area contributed by atoms with Crippen LogP contribution < -0.4 is 10.6 Å². The van der Waals surface area contributed by atoms with Crippen LogP contribution in [0, 0.1) is 0 Å². The molecule has 106 valence electrons. The molecule has 1 saturated heterocycles. The zero-order valence-corrected chi connectivity index (χ0v) is 12.0. The first-order chi connectivity index (χ1) is 8.09. The molecule has 1 aliphatic heterocycles. The van der Waals surface area contributed by atoms with Crippen molar-refractivity contribution in [3.8, 4) is 0 Å². The van der Waals surface area contributed by atoms with Crippen molar-refractivity contribution in [1.29, 1.82) is 0 Å². The average molecular weight is 278 g/mol. The summed E-state index contributed by atoms with van der Waals surface area (Å²) >= 11 is 0. The summed E-state index contributed by atoms with van der Waals surface area (Å²) in [6.45, 7) is 1.76. The van der Waals surface area contributed by atoms with E-state index in [0.29, 0.717) is 31.8 Å². The van der Waals surface area contributed by atoms with Crippen LogP contribution in [0.4, 0.5) is 0 Å². The van der Waals surface area contributed by atoms with Gasteiger partial charge in [-0.25, -0.2) is 0 Å². The Morgan fingerprint density at radius 1 is 1.33 bits per heavy atom. The predicted molar refractivity (Wildman–Crippen MR) is 73.8 cm³/mol. The Labute approximate surface area is 115 Å². The van der Waals surface area contributed by atoms with E-state index in [2.05, 4.69) is 10.6 Å². The Hall–Kier alpha value is -0.810. The topological polar surface area (TPSA) is 61.4 Å². The van der Waals surface area contributed by atoms with Crippen LogP contribution in [0.1, 0.15) is 32.1 Å². The van der Waals surface area contributed by atoms with Crippen molar-refractivity contribution in [2.24, 2.45) is 0 Å². The van der Waals surface area contributed by atoms with Crippen LogP contribution in [0.3, 0.4) is 0 Å². The smallest absolute Gasteiger partial charge is 0.222 e. The first-order valence-electron chi connectivity index (χ1n) is 6.30. The molecule has 18 heavy (non-hydrogen) atoms. The van der Waals surface area contributed by atoms with Gasteiger partial charge in [0, 0.05) is 39.5 Å². The van der Waals surface area contributed by atoms with Crippen molar-refractivity contribution in [3.63, 3.8) is 0 Å². The van der Waals surface area contributed by atoms with Gasteiger partial charge in [-0.3, -0.25) is 9.59 Å².